The molecule has 0 aliphatic carbocycles. The molecule has 0 aliphatic rings. The maximum Gasteiger partial charge on any atom is 0.337 e. The fraction of sp³-hybridized carbons (Fsp3) is 0.333. The molecule has 0 fully saturated rings. The molecule has 0 bridgehead atoms. The van der Waals surface area contributed by atoms with Crippen LogP contribution in [0.25, 0.3) is 0 Å². The minimum atomic E-state index is -2.11. The number of carbonyl (C=O) groups excluding carboxylic acids is 1. The van der Waals surface area contributed by atoms with E-state index in [-0.39, 0.29) is 12.1 Å². The van der Waals surface area contributed by atoms with Gasteiger partial charge < -0.3 is 20.8 Å². The summed E-state index contributed by atoms with van der Waals surface area (Å²) in [6.45, 7) is 0.215. The second-order valence-electron chi connectivity index (χ2n) is 4.35. The van der Waals surface area contributed by atoms with Crippen molar-refractivity contribution < 1.29 is 28.6 Å². The minimum absolute atomic E-state index is 0.0508. The molecule has 0 aromatic heterocycles. The summed E-state index contributed by atoms with van der Waals surface area (Å²) in [4.78, 5) is 21.9. The number of hydrogen-bond donors (Lipinski definition) is 4. The van der Waals surface area contributed by atoms with Crippen LogP contribution in [0.5, 0.6) is 0 Å². The summed E-state index contributed by atoms with van der Waals surface area (Å²) in [6.07, 6.45) is 0. The lowest BCUT2D eigenvalue weighted by Gasteiger charge is -2.18. The lowest BCUT2D eigenvalue weighted by molar-refractivity contribution is -0.155. The molecule has 0 saturated heterocycles. The number of aliphatic carboxylic acids is 1. The molecule has 6 nitrogen and oxygen atoms in total. The largest absolute Gasteiger partial charge is 0.479 e. The Morgan fingerprint density at radius 3 is 2.55 bits per heavy atom. The predicted octanol–water partition coefficient (Wildman–Crippen LogP) is 0.600. The van der Waals surface area contributed by atoms with E-state index in [2.05, 4.69) is 10.6 Å². The van der Waals surface area contributed by atoms with Gasteiger partial charge in [-0.25, -0.2) is 18.4 Å². The summed E-state index contributed by atoms with van der Waals surface area (Å²) in [5, 5.41) is 22.3. The number of nitrogens with one attached hydrogen (secondary N) is 2. The van der Waals surface area contributed by atoms with E-state index in [0.717, 1.165) is 25.1 Å². The van der Waals surface area contributed by atoms with Crippen molar-refractivity contribution in [2.24, 2.45) is 0 Å². The molecule has 8 heteroatoms. The van der Waals surface area contributed by atoms with Crippen molar-refractivity contribution >= 4 is 12.0 Å². The average Bonchev–Trinajstić information content (AvgIpc) is 2.37. The summed E-state index contributed by atoms with van der Waals surface area (Å²) < 4.78 is 26.1. The highest BCUT2D eigenvalue weighted by molar-refractivity contribution is 5.79. The first-order valence-electron chi connectivity index (χ1n) is 5.64. The van der Waals surface area contributed by atoms with Crippen LogP contribution in [0.1, 0.15) is 12.5 Å². The van der Waals surface area contributed by atoms with Gasteiger partial charge in [0.1, 0.15) is 11.6 Å². The summed E-state index contributed by atoms with van der Waals surface area (Å²) in [6, 6.07) is 2.00. The van der Waals surface area contributed by atoms with Gasteiger partial charge in [-0.3, -0.25) is 0 Å². The summed E-state index contributed by atoms with van der Waals surface area (Å²) in [5.74, 6) is -2.81. The van der Waals surface area contributed by atoms with Gasteiger partial charge in [-0.15, -0.1) is 0 Å². The van der Waals surface area contributed by atoms with E-state index in [1.807, 2.05) is 0 Å². The Morgan fingerprint density at radius 1 is 1.30 bits per heavy atom. The van der Waals surface area contributed by atoms with Crippen LogP contribution in [0.15, 0.2) is 18.2 Å². The van der Waals surface area contributed by atoms with Gasteiger partial charge in [-0.2, -0.15) is 0 Å². The number of rotatable bonds is 5. The van der Waals surface area contributed by atoms with Gasteiger partial charge in [0, 0.05) is 12.1 Å². The van der Waals surface area contributed by atoms with Crippen LogP contribution in [0.3, 0.4) is 0 Å². The molecule has 20 heavy (non-hydrogen) atoms. The normalized spacial score (nSPS) is 13.4. The van der Waals surface area contributed by atoms with Gasteiger partial charge in [-0.05, 0) is 25.1 Å². The minimum Gasteiger partial charge on any atom is -0.479 e. The quantitative estimate of drug-likeness (QED) is 0.637. The topological polar surface area (TPSA) is 98.7 Å². The molecule has 0 heterocycles. The van der Waals surface area contributed by atoms with Crippen LogP contribution in [-0.2, 0) is 11.3 Å². The van der Waals surface area contributed by atoms with Gasteiger partial charge in [-0.1, -0.05) is 0 Å². The van der Waals surface area contributed by atoms with E-state index in [4.69, 9.17) is 5.11 Å². The lowest BCUT2D eigenvalue weighted by Crippen LogP contribution is -2.49. The monoisotopic (exact) mass is 288 g/mol. The van der Waals surface area contributed by atoms with Crippen LogP contribution in [-0.4, -0.2) is 34.4 Å². The SMILES string of the molecule is CC(O)(CNC(=O)NCc1cc(F)ccc1F)C(=O)O. The molecule has 1 aromatic carbocycles. The lowest BCUT2D eigenvalue weighted by atomic mass is 10.1. The molecule has 2 amide bonds. The third kappa shape index (κ3) is 4.47. The van der Waals surface area contributed by atoms with Gasteiger partial charge in [0.25, 0.3) is 0 Å². The molecule has 0 spiro atoms. The Hall–Kier alpha value is -2.22. The Labute approximate surface area is 113 Å². The maximum absolute atomic E-state index is 13.2. The van der Waals surface area contributed by atoms with Crippen molar-refractivity contribution in [3.8, 4) is 0 Å². The van der Waals surface area contributed by atoms with Crippen molar-refractivity contribution in [2.75, 3.05) is 6.54 Å². The summed E-state index contributed by atoms with van der Waals surface area (Å²) in [5.41, 5.74) is -2.16. The number of urea groups is 1. The van der Waals surface area contributed by atoms with Gasteiger partial charge in [0.05, 0.1) is 6.54 Å². The molecule has 1 aromatic rings. The molecular weight excluding hydrogens is 274 g/mol. The van der Waals surface area contributed by atoms with E-state index in [9.17, 15) is 23.5 Å². The highest BCUT2D eigenvalue weighted by atomic mass is 19.1. The first-order chi connectivity index (χ1) is 9.22. The fourth-order valence-electron chi connectivity index (χ4n) is 1.24. The second-order valence-corrected chi connectivity index (χ2v) is 4.35. The zero-order valence-corrected chi connectivity index (χ0v) is 10.6. The van der Waals surface area contributed by atoms with Crippen LogP contribution in [0, 0.1) is 11.6 Å². The van der Waals surface area contributed by atoms with E-state index in [1.54, 1.807) is 0 Å². The van der Waals surface area contributed by atoms with Crippen molar-refractivity contribution in [2.45, 2.75) is 19.1 Å². The van der Waals surface area contributed by atoms with E-state index < -0.39 is 35.8 Å². The van der Waals surface area contributed by atoms with Crippen LogP contribution in [0.2, 0.25) is 0 Å². The molecule has 1 unspecified atom stereocenters. The molecule has 4 N–H and O–H groups in total. The number of carboxylic acid groups (broad SMARTS) is 1. The van der Waals surface area contributed by atoms with Crippen molar-refractivity contribution in [1.82, 2.24) is 10.6 Å². The first kappa shape index (κ1) is 15.8. The number of halogens is 2. The molecule has 0 radical (unpaired) electrons. The average molecular weight is 288 g/mol. The van der Waals surface area contributed by atoms with Crippen molar-refractivity contribution in [3.63, 3.8) is 0 Å². The van der Waals surface area contributed by atoms with Gasteiger partial charge in [0.15, 0.2) is 5.60 Å². The number of carbonyl (C=O) groups is 2. The fourth-order valence-corrected chi connectivity index (χ4v) is 1.24. The predicted molar refractivity (Wildman–Crippen MR) is 64.9 cm³/mol. The van der Waals surface area contributed by atoms with Crippen LogP contribution in [0.4, 0.5) is 13.6 Å². The molecule has 0 aliphatic heterocycles. The Kier molecular flexibility index (Phi) is 4.98. The third-order valence-corrected chi connectivity index (χ3v) is 2.50. The molecule has 1 atom stereocenters. The number of hydrogen-bond acceptors (Lipinski definition) is 3. The second kappa shape index (κ2) is 6.29. The van der Waals surface area contributed by atoms with Crippen molar-refractivity contribution in [1.29, 1.82) is 0 Å². The number of carboxylic acids is 1. The Balaban J connectivity index is 2.48. The van der Waals surface area contributed by atoms with Gasteiger partial charge in [0.2, 0.25) is 0 Å². The zero-order valence-electron chi connectivity index (χ0n) is 10.6. The Bertz CT molecular complexity index is 520. The number of aliphatic hydroxyl groups is 1. The van der Waals surface area contributed by atoms with Crippen molar-refractivity contribution in [3.05, 3.63) is 35.4 Å². The van der Waals surface area contributed by atoms with E-state index in [1.165, 1.54) is 0 Å². The molecule has 110 valence electrons. The standard InChI is InChI=1S/C12H14F2N2O4/c1-12(20,10(17)18)6-16-11(19)15-5-7-4-8(13)2-3-9(7)14/h2-4,20H,5-6H2,1H3,(H,17,18)(H2,15,16,19). The Morgan fingerprint density at radius 2 is 1.95 bits per heavy atom. The third-order valence-electron chi connectivity index (χ3n) is 2.50. The summed E-state index contributed by atoms with van der Waals surface area (Å²) in [7, 11) is 0. The number of benzene rings is 1. The van der Waals surface area contributed by atoms with Gasteiger partial charge >= 0.3 is 12.0 Å². The molecule has 1 rings (SSSR count). The summed E-state index contributed by atoms with van der Waals surface area (Å²) >= 11 is 0. The first-order valence-corrected chi connectivity index (χ1v) is 5.64. The smallest absolute Gasteiger partial charge is 0.337 e. The maximum atomic E-state index is 13.2. The van der Waals surface area contributed by atoms with E-state index in [0.29, 0.717) is 0 Å². The number of amides is 2. The molecular formula is C12H14F2N2O4. The highest BCUT2D eigenvalue weighted by Gasteiger charge is 2.30. The zero-order chi connectivity index (χ0) is 15.3. The highest BCUT2D eigenvalue weighted by Crippen LogP contribution is 2.09. The van der Waals surface area contributed by atoms with Crippen LogP contribution >= 0.6 is 0 Å². The van der Waals surface area contributed by atoms with Crippen LogP contribution < -0.4 is 10.6 Å². The molecule has 0 saturated carbocycles. The van der Waals surface area contributed by atoms with E-state index >= 15 is 0 Å².